The fourth-order valence-electron chi connectivity index (χ4n) is 3.22. The van der Waals surface area contributed by atoms with Gasteiger partial charge < -0.3 is 14.3 Å². The molecule has 0 atom stereocenters. The van der Waals surface area contributed by atoms with Crippen LogP contribution in [-0.2, 0) is 15.6 Å². The summed E-state index contributed by atoms with van der Waals surface area (Å²) in [6.07, 6.45) is 2.16. The number of carboxylic acid groups (broad SMARTS) is 1. The van der Waals surface area contributed by atoms with Gasteiger partial charge in [-0.25, -0.2) is 14.1 Å². The van der Waals surface area contributed by atoms with E-state index in [-0.39, 0.29) is 21.9 Å². The summed E-state index contributed by atoms with van der Waals surface area (Å²) in [6, 6.07) is 3.50. The highest BCUT2D eigenvalue weighted by Gasteiger charge is 2.41. The number of aromatic nitrogens is 2. The van der Waals surface area contributed by atoms with Crippen molar-refractivity contribution in [2.75, 3.05) is 5.32 Å². The minimum atomic E-state index is -1.91. The summed E-state index contributed by atoms with van der Waals surface area (Å²) in [7, 11) is -1.91. The molecule has 2 rings (SSSR count). The number of rotatable bonds is 7. The van der Waals surface area contributed by atoms with Crippen molar-refractivity contribution in [3.63, 3.8) is 0 Å². The van der Waals surface area contributed by atoms with Crippen molar-refractivity contribution in [2.45, 2.75) is 97.6 Å². The number of nitrogens with one attached hydrogen (secondary N) is 1. The van der Waals surface area contributed by atoms with Crippen molar-refractivity contribution in [3.05, 3.63) is 29.6 Å². The molecule has 0 fully saturated rings. The number of hydrogen-bond acceptors (Lipinski definition) is 5. The number of carbonyl (C=O) groups excluding carboxylic acids is 1. The maximum atomic E-state index is 12.2. The Morgan fingerprint density at radius 1 is 1.09 bits per heavy atom. The zero-order valence-corrected chi connectivity index (χ0v) is 22.6. The van der Waals surface area contributed by atoms with E-state index in [4.69, 9.17) is 9.16 Å². The Bertz CT molecular complexity index is 1030. The van der Waals surface area contributed by atoms with Crippen molar-refractivity contribution in [1.82, 2.24) is 9.61 Å². The van der Waals surface area contributed by atoms with Crippen molar-refractivity contribution in [3.8, 4) is 0 Å². The quantitative estimate of drug-likeness (QED) is 0.466. The van der Waals surface area contributed by atoms with Crippen molar-refractivity contribution in [2.24, 2.45) is 0 Å². The van der Waals surface area contributed by atoms with Gasteiger partial charge in [0.15, 0.2) is 8.32 Å². The predicted octanol–water partition coefficient (Wildman–Crippen LogP) is 6.11. The number of fused-ring (bicyclic) bond motifs is 1. The number of ether oxygens (including phenoxy) is 1. The fourth-order valence-corrected chi connectivity index (χ4v) is 5.01. The van der Waals surface area contributed by atoms with Gasteiger partial charge in [0.05, 0.1) is 22.5 Å². The largest absolute Gasteiger partial charge is 0.478 e. The molecule has 184 valence electrons. The smallest absolute Gasteiger partial charge is 0.412 e. The second kappa shape index (κ2) is 9.10. The van der Waals surface area contributed by atoms with E-state index in [1.807, 2.05) is 6.07 Å². The number of amides is 1. The molecule has 2 aromatic heterocycles. The van der Waals surface area contributed by atoms with Crippen LogP contribution in [0.25, 0.3) is 5.52 Å². The first-order chi connectivity index (χ1) is 14.8. The third kappa shape index (κ3) is 7.30. The summed E-state index contributed by atoms with van der Waals surface area (Å²) in [5.41, 5.74) is 0.605. The molecule has 0 aliphatic carbocycles. The lowest BCUT2D eigenvalue weighted by atomic mass is 10.0. The average molecular weight is 478 g/mol. The summed E-state index contributed by atoms with van der Waals surface area (Å²) in [5.74, 6) is -1.16. The van der Waals surface area contributed by atoms with E-state index in [0.29, 0.717) is 11.9 Å². The molecule has 0 saturated carbocycles. The molecule has 9 heteroatoms. The first-order valence-electron chi connectivity index (χ1n) is 11.3. The van der Waals surface area contributed by atoms with E-state index in [2.05, 4.69) is 58.1 Å². The van der Waals surface area contributed by atoms with Crippen LogP contribution in [0.2, 0.25) is 18.1 Å². The van der Waals surface area contributed by atoms with Gasteiger partial charge in [0, 0.05) is 6.20 Å². The molecule has 0 aliphatic heterocycles. The monoisotopic (exact) mass is 477 g/mol. The zero-order chi connectivity index (χ0) is 25.4. The molecule has 2 heterocycles. The van der Waals surface area contributed by atoms with Gasteiger partial charge in [0.25, 0.3) is 0 Å². The Labute approximate surface area is 197 Å². The molecular weight excluding hydrogens is 438 g/mol. The number of carboxylic acids is 1. The molecule has 0 bridgehead atoms. The van der Waals surface area contributed by atoms with Crippen molar-refractivity contribution >= 4 is 31.6 Å². The van der Waals surface area contributed by atoms with Gasteiger partial charge in [0.2, 0.25) is 0 Å². The Morgan fingerprint density at radius 3 is 2.21 bits per heavy atom. The molecule has 33 heavy (non-hydrogen) atoms. The third-order valence-electron chi connectivity index (χ3n) is 5.84. The summed E-state index contributed by atoms with van der Waals surface area (Å²) in [5, 5.41) is 16.8. The maximum Gasteiger partial charge on any atom is 0.412 e. The molecule has 0 saturated heterocycles. The number of hydrogen-bond donors (Lipinski definition) is 2. The topological polar surface area (TPSA) is 102 Å². The van der Waals surface area contributed by atoms with Gasteiger partial charge in [0.1, 0.15) is 11.2 Å². The number of anilines is 1. The summed E-state index contributed by atoms with van der Waals surface area (Å²) in [6.45, 7) is 20.6. The molecule has 2 N–H and O–H groups in total. The van der Waals surface area contributed by atoms with Crippen LogP contribution in [0.1, 0.15) is 77.9 Å². The Hall–Kier alpha value is -2.39. The highest BCUT2D eigenvalue weighted by molar-refractivity contribution is 6.74. The van der Waals surface area contributed by atoms with Crippen molar-refractivity contribution in [1.29, 1.82) is 0 Å². The second-order valence-electron chi connectivity index (χ2n) is 11.7. The van der Waals surface area contributed by atoms with Crippen LogP contribution in [0.15, 0.2) is 18.3 Å². The number of nitrogens with zero attached hydrogens (tertiary/aromatic N) is 2. The Balaban J connectivity index is 2.23. The zero-order valence-electron chi connectivity index (χ0n) is 21.6. The first kappa shape index (κ1) is 26.9. The number of pyridine rings is 1. The molecule has 0 aliphatic rings. The predicted molar refractivity (Wildman–Crippen MR) is 133 cm³/mol. The molecule has 2 aromatic rings. The van der Waals surface area contributed by atoms with Gasteiger partial charge in [-0.2, -0.15) is 5.10 Å². The van der Waals surface area contributed by atoms with Crippen LogP contribution in [0.5, 0.6) is 0 Å². The highest BCUT2D eigenvalue weighted by Crippen LogP contribution is 2.40. The minimum Gasteiger partial charge on any atom is -0.478 e. The van der Waals surface area contributed by atoms with Gasteiger partial charge in [-0.3, -0.25) is 5.32 Å². The summed E-state index contributed by atoms with van der Waals surface area (Å²) >= 11 is 0. The fraction of sp³-hybridized carbons (Fsp3) is 0.625. The van der Waals surface area contributed by atoms with Crippen LogP contribution in [0, 0.1) is 0 Å². The van der Waals surface area contributed by atoms with Crippen LogP contribution in [-0.4, -0.2) is 46.3 Å². The van der Waals surface area contributed by atoms with E-state index < -0.39 is 26.0 Å². The number of aromatic carboxylic acids is 1. The lowest BCUT2D eigenvalue weighted by Gasteiger charge is -2.42. The average Bonchev–Trinajstić information content (AvgIpc) is 2.97. The van der Waals surface area contributed by atoms with E-state index in [1.165, 1.54) is 10.7 Å². The molecule has 8 nitrogen and oxygen atoms in total. The second-order valence-corrected chi connectivity index (χ2v) is 16.4. The van der Waals surface area contributed by atoms with Crippen LogP contribution in [0.4, 0.5) is 10.5 Å². The van der Waals surface area contributed by atoms with E-state index in [9.17, 15) is 14.7 Å². The standard InChI is InChI=1S/C24H39N3O5Si/c1-22(2,3)31-21(30)25-19-14-17-13-16(26-27(17)15-18(19)20(28)29)11-12-24(7,8)32-33(9,10)23(4,5)6/h13-15H,11-12H2,1-10H3,(H,25,30)(H,28,29). The van der Waals surface area contributed by atoms with E-state index >= 15 is 0 Å². The lowest BCUT2D eigenvalue weighted by Crippen LogP contribution is -2.47. The van der Waals surface area contributed by atoms with E-state index in [0.717, 1.165) is 12.1 Å². The highest BCUT2D eigenvalue weighted by atomic mass is 28.4. The summed E-state index contributed by atoms with van der Waals surface area (Å²) < 4.78 is 13.4. The van der Waals surface area contributed by atoms with Crippen LogP contribution >= 0.6 is 0 Å². The molecular formula is C24H39N3O5Si. The van der Waals surface area contributed by atoms with Gasteiger partial charge in [-0.15, -0.1) is 0 Å². The molecule has 0 aromatic carbocycles. The van der Waals surface area contributed by atoms with Gasteiger partial charge >= 0.3 is 12.1 Å². The third-order valence-corrected chi connectivity index (χ3v) is 10.5. The molecule has 0 unspecified atom stereocenters. The first-order valence-corrected chi connectivity index (χ1v) is 14.2. The Morgan fingerprint density at radius 2 is 1.70 bits per heavy atom. The minimum absolute atomic E-state index is 0.0652. The summed E-state index contributed by atoms with van der Waals surface area (Å²) in [4.78, 5) is 23.9. The molecule has 0 spiro atoms. The van der Waals surface area contributed by atoms with E-state index in [1.54, 1.807) is 26.8 Å². The normalized spacial score (nSPS) is 13.3. The van der Waals surface area contributed by atoms with Gasteiger partial charge in [-0.05, 0) is 77.7 Å². The lowest BCUT2D eigenvalue weighted by molar-refractivity contribution is 0.0635. The number of carbonyl (C=O) groups is 2. The van der Waals surface area contributed by atoms with Gasteiger partial charge in [-0.1, -0.05) is 20.8 Å². The SMILES string of the molecule is CC(C)(C)OC(=O)Nc1cc2cc(CCC(C)(C)O[Si](C)(C)C(C)(C)C)nn2cc1C(=O)O. The van der Waals surface area contributed by atoms with Crippen LogP contribution < -0.4 is 5.32 Å². The molecule has 0 radical (unpaired) electrons. The number of aryl methyl sites for hydroxylation is 1. The molecule has 1 amide bonds. The Kier molecular flexibility index (Phi) is 7.40. The maximum absolute atomic E-state index is 12.2. The van der Waals surface area contributed by atoms with Crippen LogP contribution in [0.3, 0.4) is 0 Å². The van der Waals surface area contributed by atoms with Crippen molar-refractivity contribution < 1.29 is 23.9 Å².